The van der Waals surface area contributed by atoms with Gasteiger partial charge in [0.1, 0.15) is 0 Å². The Labute approximate surface area is 139 Å². The van der Waals surface area contributed by atoms with Gasteiger partial charge in [-0.25, -0.2) is 4.79 Å². The molecule has 0 bridgehead atoms. The third-order valence-corrected chi connectivity index (χ3v) is 5.11. The molecule has 126 valence electrons. The van der Waals surface area contributed by atoms with Crippen LogP contribution in [0.15, 0.2) is 24.5 Å². The Balaban J connectivity index is 1.42. The van der Waals surface area contributed by atoms with Gasteiger partial charge in [-0.2, -0.15) is 0 Å². The maximum Gasteiger partial charge on any atom is 0.317 e. The van der Waals surface area contributed by atoms with Crippen LogP contribution in [-0.2, 0) is 6.54 Å². The highest BCUT2D eigenvalue weighted by Gasteiger charge is 2.26. The van der Waals surface area contributed by atoms with Gasteiger partial charge in [-0.05, 0) is 24.5 Å². The average Bonchev–Trinajstić information content (AvgIpc) is 2.90. The summed E-state index contributed by atoms with van der Waals surface area (Å²) in [4.78, 5) is 20.9. The van der Waals surface area contributed by atoms with Crippen molar-refractivity contribution in [1.82, 2.24) is 20.1 Å². The zero-order chi connectivity index (χ0) is 15.9. The van der Waals surface area contributed by atoms with E-state index in [9.17, 15) is 4.79 Å². The second kappa shape index (κ2) is 8.29. The highest BCUT2D eigenvalue weighted by atomic mass is 16.2. The molecule has 0 aromatic carbocycles. The predicted octanol–water partition coefficient (Wildman–Crippen LogP) is 2.63. The number of nitrogens with one attached hydrogen (secondary N) is 1. The first kappa shape index (κ1) is 16.2. The van der Waals surface area contributed by atoms with Gasteiger partial charge in [0, 0.05) is 51.2 Å². The minimum Gasteiger partial charge on any atom is -0.334 e. The molecule has 1 saturated heterocycles. The predicted molar refractivity (Wildman–Crippen MR) is 91.1 cm³/mol. The molecule has 1 aromatic rings. The molecule has 1 saturated carbocycles. The summed E-state index contributed by atoms with van der Waals surface area (Å²) in [6.07, 6.45) is 11.8. The molecule has 1 N–H and O–H groups in total. The first-order chi connectivity index (χ1) is 11.3. The number of rotatable bonds is 3. The van der Waals surface area contributed by atoms with Crippen molar-refractivity contribution in [2.24, 2.45) is 0 Å². The Morgan fingerprint density at radius 3 is 2.52 bits per heavy atom. The zero-order valence-electron chi connectivity index (χ0n) is 13.9. The molecule has 1 aliphatic heterocycles. The molecule has 5 nitrogen and oxygen atoms in total. The number of aromatic nitrogens is 1. The maximum atomic E-state index is 12.3. The Kier molecular flexibility index (Phi) is 5.86. The van der Waals surface area contributed by atoms with Gasteiger partial charge in [0.15, 0.2) is 0 Å². The van der Waals surface area contributed by atoms with Gasteiger partial charge in [0.05, 0.1) is 0 Å². The number of urea groups is 1. The van der Waals surface area contributed by atoms with Gasteiger partial charge in [-0.15, -0.1) is 0 Å². The van der Waals surface area contributed by atoms with Gasteiger partial charge in [-0.3, -0.25) is 9.88 Å². The maximum absolute atomic E-state index is 12.3. The third kappa shape index (κ3) is 4.67. The van der Waals surface area contributed by atoms with E-state index in [2.05, 4.69) is 15.2 Å². The highest BCUT2D eigenvalue weighted by Crippen LogP contribution is 2.22. The van der Waals surface area contributed by atoms with Crippen LogP contribution in [-0.4, -0.2) is 53.0 Å². The van der Waals surface area contributed by atoms with E-state index in [4.69, 9.17) is 0 Å². The highest BCUT2D eigenvalue weighted by molar-refractivity contribution is 5.74. The lowest BCUT2D eigenvalue weighted by molar-refractivity contribution is 0.101. The fraction of sp³-hybridized carbons (Fsp3) is 0.667. The van der Waals surface area contributed by atoms with Gasteiger partial charge in [-0.1, -0.05) is 31.7 Å². The van der Waals surface area contributed by atoms with Crippen LogP contribution in [0.1, 0.15) is 44.1 Å². The van der Waals surface area contributed by atoms with E-state index in [-0.39, 0.29) is 6.03 Å². The van der Waals surface area contributed by atoms with Crippen LogP contribution in [0.25, 0.3) is 0 Å². The van der Waals surface area contributed by atoms with Crippen molar-refractivity contribution in [2.45, 2.75) is 51.1 Å². The van der Waals surface area contributed by atoms with E-state index < -0.39 is 0 Å². The molecule has 5 heteroatoms. The summed E-state index contributed by atoms with van der Waals surface area (Å²) in [5.74, 6) is 0. The standard InChI is InChI=1S/C18H28N4O/c23-18(20-15-16-6-5-9-19-14-16)22-12-10-21(11-13-22)17-7-3-1-2-4-8-17/h5-6,9,14,17H,1-4,7-8,10-13,15H2,(H,20,23). The van der Waals surface area contributed by atoms with Gasteiger partial charge < -0.3 is 10.2 Å². The van der Waals surface area contributed by atoms with Crippen molar-refractivity contribution < 1.29 is 4.79 Å². The molecule has 2 heterocycles. The topological polar surface area (TPSA) is 48.5 Å². The lowest BCUT2D eigenvalue weighted by atomic mass is 10.1. The number of hydrogen-bond acceptors (Lipinski definition) is 3. The Bertz CT molecular complexity index is 477. The second-order valence-corrected chi connectivity index (χ2v) is 6.69. The van der Waals surface area contributed by atoms with Crippen LogP contribution < -0.4 is 5.32 Å². The van der Waals surface area contributed by atoms with E-state index in [1.807, 2.05) is 17.0 Å². The fourth-order valence-electron chi connectivity index (χ4n) is 3.71. The molecule has 0 unspecified atom stereocenters. The van der Waals surface area contributed by atoms with E-state index in [1.54, 1.807) is 12.4 Å². The normalized spacial score (nSPS) is 21.0. The Hall–Kier alpha value is -1.62. The molecular formula is C18H28N4O. The molecule has 3 rings (SSSR count). The summed E-state index contributed by atoms with van der Waals surface area (Å²) < 4.78 is 0. The summed E-state index contributed by atoms with van der Waals surface area (Å²) in [7, 11) is 0. The SMILES string of the molecule is O=C(NCc1cccnc1)N1CCN(C2CCCCCC2)CC1. The van der Waals surface area contributed by atoms with Crippen LogP contribution in [0.4, 0.5) is 4.79 Å². The molecule has 0 atom stereocenters. The molecule has 0 spiro atoms. The number of amides is 2. The van der Waals surface area contributed by atoms with Gasteiger partial charge >= 0.3 is 6.03 Å². The van der Waals surface area contributed by atoms with Crippen molar-refractivity contribution in [1.29, 1.82) is 0 Å². The summed E-state index contributed by atoms with van der Waals surface area (Å²) in [5.41, 5.74) is 1.04. The molecular weight excluding hydrogens is 288 g/mol. The summed E-state index contributed by atoms with van der Waals surface area (Å²) in [6.45, 7) is 4.27. The van der Waals surface area contributed by atoms with Crippen molar-refractivity contribution in [3.8, 4) is 0 Å². The number of piperazine rings is 1. The van der Waals surface area contributed by atoms with E-state index in [1.165, 1.54) is 38.5 Å². The van der Waals surface area contributed by atoms with Crippen molar-refractivity contribution in [2.75, 3.05) is 26.2 Å². The molecule has 1 aromatic heterocycles. The number of nitrogens with zero attached hydrogens (tertiary/aromatic N) is 3. The van der Waals surface area contributed by atoms with Crippen LogP contribution in [0.2, 0.25) is 0 Å². The molecule has 1 aliphatic carbocycles. The molecule has 2 amide bonds. The Morgan fingerprint density at radius 1 is 1.13 bits per heavy atom. The van der Waals surface area contributed by atoms with Crippen molar-refractivity contribution in [3.05, 3.63) is 30.1 Å². The average molecular weight is 316 g/mol. The summed E-state index contributed by atoms with van der Waals surface area (Å²) in [5, 5.41) is 3.00. The van der Waals surface area contributed by atoms with Crippen LogP contribution >= 0.6 is 0 Å². The zero-order valence-corrected chi connectivity index (χ0v) is 13.9. The van der Waals surface area contributed by atoms with E-state index in [0.29, 0.717) is 6.54 Å². The van der Waals surface area contributed by atoms with Crippen molar-refractivity contribution >= 4 is 6.03 Å². The number of pyridine rings is 1. The van der Waals surface area contributed by atoms with Crippen molar-refractivity contribution in [3.63, 3.8) is 0 Å². The lowest BCUT2D eigenvalue weighted by Gasteiger charge is -2.39. The van der Waals surface area contributed by atoms with E-state index >= 15 is 0 Å². The van der Waals surface area contributed by atoms with Crippen LogP contribution in [0.5, 0.6) is 0 Å². The lowest BCUT2D eigenvalue weighted by Crippen LogP contribution is -2.54. The molecule has 2 fully saturated rings. The molecule has 0 radical (unpaired) electrons. The van der Waals surface area contributed by atoms with Crippen LogP contribution in [0, 0.1) is 0 Å². The molecule has 2 aliphatic rings. The summed E-state index contributed by atoms with van der Waals surface area (Å²) in [6, 6.07) is 4.68. The number of carbonyl (C=O) groups is 1. The summed E-state index contributed by atoms with van der Waals surface area (Å²) >= 11 is 0. The second-order valence-electron chi connectivity index (χ2n) is 6.69. The monoisotopic (exact) mass is 316 g/mol. The Morgan fingerprint density at radius 2 is 1.87 bits per heavy atom. The first-order valence-electron chi connectivity index (χ1n) is 8.98. The largest absolute Gasteiger partial charge is 0.334 e. The quantitative estimate of drug-likeness (QED) is 0.872. The smallest absolute Gasteiger partial charge is 0.317 e. The number of hydrogen-bond donors (Lipinski definition) is 1. The van der Waals surface area contributed by atoms with E-state index in [0.717, 1.165) is 37.8 Å². The van der Waals surface area contributed by atoms with Gasteiger partial charge in [0.2, 0.25) is 0 Å². The fourth-order valence-corrected chi connectivity index (χ4v) is 3.71. The number of carbonyl (C=O) groups excluding carboxylic acids is 1. The first-order valence-corrected chi connectivity index (χ1v) is 8.98. The minimum atomic E-state index is 0.0503. The molecule has 23 heavy (non-hydrogen) atoms. The third-order valence-electron chi connectivity index (χ3n) is 5.11. The van der Waals surface area contributed by atoms with Crippen LogP contribution in [0.3, 0.4) is 0 Å². The minimum absolute atomic E-state index is 0.0503. The van der Waals surface area contributed by atoms with Gasteiger partial charge in [0.25, 0.3) is 0 Å².